The number of amides is 1. The Morgan fingerprint density at radius 3 is 2.40 bits per heavy atom. The normalized spacial score (nSPS) is 18.3. The fraction of sp³-hybridized carbons (Fsp3) is 0.733. The Bertz CT molecular complexity index is 418. The minimum atomic E-state index is -0.503. The van der Waals surface area contributed by atoms with Crippen LogP contribution in [-0.4, -0.2) is 42.8 Å². The average molecular weight is 283 g/mol. The molecular weight excluding hydrogens is 258 g/mol. The van der Waals surface area contributed by atoms with Crippen LogP contribution in [0.2, 0.25) is 0 Å². The second-order valence-electron chi connectivity index (χ2n) is 6.73. The Kier molecular flexibility index (Phi) is 4.84. The number of esters is 1. The molecule has 0 fully saturated rings. The fourth-order valence-corrected chi connectivity index (χ4v) is 2.14. The minimum absolute atomic E-state index is 0.255. The second-order valence-corrected chi connectivity index (χ2v) is 6.73. The van der Waals surface area contributed by atoms with Crippen LogP contribution in [0.25, 0.3) is 0 Å². The van der Waals surface area contributed by atoms with Crippen molar-refractivity contribution in [2.45, 2.75) is 46.6 Å². The summed E-state index contributed by atoms with van der Waals surface area (Å²) in [5.41, 5.74) is 0.241. The highest BCUT2D eigenvalue weighted by Crippen LogP contribution is 2.33. The number of ether oxygens (including phenoxy) is 2. The first-order valence-corrected chi connectivity index (χ1v) is 6.79. The predicted molar refractivity (Wildman–Crippen MR) is 76.3 cm³/mol. The maximum absolute atomic E-state index is 12.1. The van der Waals surface area contributed by atoms with Crippen molar-refractivity contribution in [2.75, 3.05) is 20.2 Å². The van der Waals surface area contributed by atoms with Crippen LogP contribution in [0.5, 0.6) is 0 Å². The highest BCUT2D eigenvalue weighted by atomic mass is 16.6. The average Bonchev–Trinajstić information content (AvgIpc) is 2.28. The molecule has 0 bridgehead atoms. The van der Waals surface area contributed by atoms with Crippen LogP contribution in [0.1, 0.15) is 41.0 Å². The van der Waals surface area contributed by atoms with E-state index in [1.54, 1.807) is 4.90 Å². The third-order valence-corrected chi connectivity index (χ3v) is 3.23. The van der Waals surface area contributed by atoms with Gasteiger partial charge in [0.1, 0.15) is 5.60 Å². The standard InChI is InChI=1S/C15H25NO4/c1-14(2,3)20-13(18)16-8-7-11(9-12(17)19-6)15(4,5)10-16/h7H,8-10H2,1-6H3. The zero-order valence-corrected chi connectivity index (χ0v) is 13.3. The van der Waals surface area contributed by atoms with Gasteiger partial charge in [-0.1, -0.05) is 25.5 Å². The third kappa shape index (κ3) is 4.54. The third-order valence-electron chi connectivity index (χ3n) is 3.23. The summed E-state index contributed by atoms with van der Waals surface area (Å²) in [4.78, 5) is 25.1. The van der Waals surface area contributed by atoms with Crippen molar-refractivity contribution in [3.05, 3.63) is 11.6 Å². The van der Waals surface area contributed by atoms with Gasteiger partial charge < -0.3 is 14.4 Å². The van der Waals surface area contributed by atoms with Crippen LogP contribution < -0.4 is 0 Å². The quantitative estimate of drug-likeness (QED) is 0.577. The molecule has 1 amide bonds. The number of hydrogen-bond acceptors (Lipinski definition) is 4. The first kappa shape index (κ1) is 16.5. The van der Waals surface area contributed by atoms with Gasteiger partial charge in [0.2, 0.25) is 0 Å². The summed E-state index contributed by atoms with van der Waals surface area (Å²) in [6.45, 7) is 10.6. The van der Waals surface area contributed by atoms with Gasteiger partial charge in [0.05, 0.1) is 13.5 Å². The van der Waals surface area contributed by atoms with E-state index in [-0.39, 0.29) is 23.9 Å². The van der Waals surface area contributed by atoms with E-state index in [0.29, 0.717) is 13.1 Å². The van der Waals surface area contributed by atoms with Crippen LogP contribution in [0.3, 0.4) is 0 Å². The van der Waals surface area contributed by atoms with Gasteiger partial charge in [0.25, 0.3) is 0 Å². The van der Waals surface area contributed by atoms with Crippen molar-refractivity contribution in [1.82, 2.24) is 4.90 Å². The van der Waals surface area contributed by atoms with Gasteiger partial charge in [-0.25, -0.2) is 4.79 Å². The first-order valence-electron chi connectivity index (χ1n) is 6.79. The van der Waals surface area contributed by atoms with Gasteiger partial charge in [-0.15, -0.1) is 0 Å². The molecule has 1 aliphatic rings. The monoisotopic (exact) mass is 283 g/mol. The number of methoxy groups -OCH3 is 1. The molecule has 0 spiro atoms. The van der Waals surface area contributed by atoms with Crippen molar-refractivity contribution >= 4 is 12.1 Å². The molecule has 0 saturated carbocycles. The molecule has 5 nitrogen and oxygen atoms in total. The molecule has 5 heteroatoms. The fourth-order valence-electron chi connectivity index (χ4n) is 2.14. The van der Waals surface area contributed by atoms with E-state index >= 15 is 0 Å². The molecule has 0 unspecified atom stereocenters. The van der Waals surface area contributed by atoms with E-state index in [1.807, 2.05) is 40.7 Å². The van der Waals surface area contributed by atoms with E-state index in [1.165, 1.54) is 7.11 Å². The van der Waals surface area contributed by atoms with Crippen LogP contribution in [-0.2, 0) is 14.3 Å². The largest absolute Gasteiger partial charge is 0.469 e. The minimum Gasteiger partial charge on any atom is -0.469 e. The molecule has 0 radical (unpaired) electrons. The molecule has 0 N–H and O–H groups in total. The van der Waals surface area contributed by atoms with E-state index in [4.69, 9.17) is 9.47 Å². The SMILES string of the molecule is COC(=O)CC1=CCN(C(=O)OC(C)(C)C)CC1(C)C. The Morgan fingerprint density at radius 2 is 1.95 bits per heavy atom. The molecule has 0 aliphatic carbocycles. The maximum atomic E-state index is 12.1. The summed E-state index contributed by atoms with van der Waals surface area (Å²) in [7, 11) is 1.38. The number of hydrogen-bond donors (Lipinski definition) is 0. The zero-order valence-electron chi connectivity index (χ0n) is 13.3. The molecule has 0 atom stereocenters. The summed E-state index contributed by atoms with van der Waals surface area (Å²) in [5.74, 6) is -0.255. The Labute approximate surface area is 120 Å². The highest BCUT2D eigenvalue weighted by molar-refractivity contribution is 5.73. The Balaban J connectivity index is 2.76. The topological polar surface area (TPSA) is 55.8 Å². The highest BCUT2D eigenvalue weighted by Gasteiger charge is 2.34. The van der Waals surface area contributed by atoms with Gasteiger partial charge in [-0.2, -0.15) is 0 Å². The van der Waals surface area contributed by atoms with Crippen molar-refractivity contribution < 1.29 is 19.1 Å². The van der Waals surface area contributed by atoms with Crippen LogP contribution >= 0.6 is 0 Å². The molecular formula is C15H25NO4. The summed E-state index contributed by atoms with van der Waals surface area (Å²) in [6.07, 6.45) is 1.87. The number of carbonyl (C=O) groups excluding carboxylic acids is 2. The first-order chi connectivity index (χ1) is 9.05. The lowest BCUT2D eigenvalue weighted by atomic mass is 9.79. The zero-order chi connectivity index (χ0) is 15.6. The van der Waals surface area contributed by atoms with Crippen molar-refractivity contribution in [1.29, 1.82) is 0 Å². The van der Waals surface area contributed by atoms with E-state index in [0.717, 1.165) is 5.57 Å². The maximum Gasteiger partial charge on any atom is 0.410 e. The van der Waals surface area contributed by atoms with Crippen LogP contribution in [0, 0.1) is 5.41 Å². The van der Waals surface area contributed by atoms with Gasteiger partial charge in [-0.3, -0.25) is 4.79 Å². The Hall–Kier alpha value is -1.52. The molecule has 0 aromatic heterocycles. The van der Waals surface area contributed by atoms with E-state index in [2.05, 4.69) is 0 Å². The number of carbonyl (C=O) groups is 2. The van der Waals surface area contributed by atoms with Gasteiger partial charge in [-0.05, 0) is 20.8 Å². The molecule has 0 aromatic rings. The van der Waals surface area contributed by atoms with E-state index < -0.39 is 5.60 Å². The van der Waals surface area contributed by atoms with Crippen molar-refractivity contribution in [3.8, 4) is 0 Å². The summed E-state index contributed by atoms with van der Waals surface area (Å²) in [6, 6.07) is 0. The molecule has 20 heavy (non-hydrogen) atoms. The summed E-state index contributed by atoms with van der Waals surface area (Å²) >= 11 is 0. The molecule has 0 saturated heterocycles. The lowest BCUT2D eigenvalue weighted by Crippen LogP contribution is -2.45. The summed E-state index contributed by atoms with van der Waals surface area (Å²) in [5, 5.41) is 0. The number of nitrogens with zero attached hydrogens (tertiary/aromatic N) is 1. The van der Waals surface area contributed by atoms with Crippen molar-refractivity contribution in [3.63, 3.8) is 0 Å². The number of rotatable bonds is 2. The van der Waals surface area contributed by atoms with Gasteiger partial charge in [0, 0.05) is 18.5 Å². The smallest absolute Gasteiger partial charge is 0.410 e. The predicted octanol–water partition coefficient (Wildman–Crippen LogP) is 2.75. The molecule has 1 aliphatic heterocycles. The summed E-state index contributed by atoms with van der Waals surface area (Å²) < 4.78 is 10.1. The molecule has 1 heterocycles. The van der Waals surface area contributed by atoms with E-state index in [9.17, 15) is 9.59 Å². The molecule has 1 rings (SSSR count). The lowest BCUT2D eigenvalue weighted by Gasteiger charge is -2.38. The molecule has 0 aromatic carbocycles. The lowest BCUT2D eigenvalue weighted by molar-refractivity contribution is -0.140. The Morgan fingerprint density at radius 1 is 1.35 bits per heavy atom. The second kappa shape index (κ2) is 5.85. The van der Waals surface area contributed by atoms with Crippen molar-refractivity contribution in [2.24, 2.45) is 5.41 Å². The molecule has 114 valence electrons. The van der Waals surface area contributed by atoms with Crippen LogP contribution in [0.4, 0.5) is 4.79 Å². The van der Waals surface area contributed by atoms with Gasteiger partial charge in [0.15, 0.2) is 0 Å². The van der Waals surface area contributed by atoms with Crippen LogP contribution in [0.15, 0.2) is 11.6 Å². The van der Waals surface area contributed by atoms with Gasteiger partial charge >= 0.3 is 12.1 Å².